The number of nitrogens with one attached hydrogen (secondary N) is 1. The van der Waals surface area contributed by atoms with E-state index in [-0.39, 0.29) is 0 Å². The molecule has 0 spiro atoms. The number of hydrogen-bond acceptors (Lipinski definition) is 3. The molecular formula is C17H26N2S. The number of fused-ring (bicyclic) bond motifs is 2. The number of rotatable bonds is 6. The van der Waals surface area contributed by atoms with Gasteiger partial charge in [0.05, 0.1) is 10.7 Å². The van der Waals surface area contributed by atoms with Crippen molar-refractivity contribution in [3.8, 4) is 0 Å². The first-order valence-corrected chi connectivity index (χ1v) is 9.37. The maximum Gasteiger partial charge on any atom is 0.0965 e. The van der Waals surface area contributed by atoms with E-state index in [4.69, 9.17) is 4.98 Å². The lowest BCUT2D eigenvalue weighted by atomic mass is 9.89. The van der Waals surface area contributed by atoms with Gasteiger partial charge in [0.25, 0.3) is 0 Å². The molecule has 0 amide bonds. The zero-order chi connectivity index (χ0) is 13.5. The van der Waals surface area contributed by atoms with Crippen molar-refractivity contribution in [2.45, 2.75) is 70.3 Å². The normalized spacial score (nSPS) is 32.1. The predicted octanol–water partition coefficient (Wildman–Crippen LogP) is 4.42. The Labute approximate surface area is 126 Å². The Morgan fingerprint density at radius 1 is 1.20 bits per heavy atom. The zero-order valence-corrected chi connectivity index (χ0v) is 13.3. The summed E-state index contributed by atoms with van der Waals surface area (Å²) in [5.41, 5.74) is 1.47. The van der Waals surface area contributed by atoms with Crippen LogP contribution in [-0.2, 0) is 6.54 Å². The summed E-state index contributed by atoms with van der Waals surface area (Å²) >= 11 is 2.04. The third kappa shape index (κ3) is 2.43. The van der Waals surface area contributed by atoms with Crippen LogP contribution in [0.1, 0.15) is 79.3 Å². The van der Waals surface area contributed by atoms with Crippen molar-refractivity contribution in [2.75, 3.05) is 6.54 Å². The molecule has 1 aromatic heterocycles. The second-order valence-electron chi connectivity index (χ2n) is 7.09. The van der Waals surface area contributed by atoms with Crippen LogP contribution in [0.15, 0.2) is 0 Å². The van der Waals surface area contributed by atoms with Crippen molar-refractivity contribution in [3.63, 3.8) is 0 Å². The van der Waals surface area contributed by atoms with Crippen LogP contribution in [0.2, 0.25) is 0 Å². The van der Waals surface area contributed by atoms with Crippen LogP contribution in [0.3, 0.4) is 0 Å². The van der Waals surface area contributed by atoms with E-state index in [1.165, 1.54) is 55.6 Å². The minimum atomic E-state index is 0.803. The molecule has 3 unspecified atom stereocenters. The summed E-state index contributed by atoms with van der Waals surface area (Å²) in [6, 6.07) is 0. The molecule has 0 aliphatic heterocycles. The lowest BCUT2D eigenvalue weighted by Gasteiger charge is -2.18. The summed E-state index contributed by atoms with van der Waals surface area (Å²) in [7, 11) is 0. The molecule has 3 saturated carbocycles. The highest BCUT2D eigenvalue weighted by atomic mass is 32.1. The van der Waals surface area contributed by atoms with E-state index in [2.05, 4.69) is 12.2 Å². The number of thiazole rings is 1. The Bertz CT molecular complexity index is 477. The van der Waals surface area contributed by atoms with Gasteiger partial charge in [0.15, 0.2) is 0 Å². The summed E-state index contributed by atoms with van der Waals surface area (Å²) in [6.45, 7) is 4.42. The van der Waals surface area contributed by atoms with Crippen LogP contribution in [0.25, 0.3) is 0 Å². The zero-order valence-electron chi connectivity index (χ0n) is 12.5. The number of aromatic nitrogens is 1. The first-order chi connectivity index (χ1) is 9.85. The minimum absolute atomic E-state index is 0.803. The van der Waals surface area contributed by atoms with Crippen molar-refractivity contribution in [3.05, 3.63) is 15.6 Å². The quantitative estimate of drug-likeness (QED) is 0.784. The fourth-order valence-electron chi connectivity index (χ4n) is 4.27. The average Bonchev–Trinajstić information content (AvgIpc) is 2.90. The Morgan fingerprint density at radius 3 is 2.75 bits per heavy atom. The molecule has 3 aliphatic carbocycles. The Hall–Kier alpha value is -0.410. The first-order valence-electron chi connectivity index (χ1n) is 8.55. The molecule has 3 atom stereocenters. The van der Waals surface area contributed by atoms with Crippen molar-refractivity contribution in [1.29, 1.82) is 0 Å². The highest BCUT2D eigenvalue weighted by molar-refractivity contribution is 7.11. The number of hydrogen-bond donors (Lipinski definition) is 1. The highest BCUT2D eigenvalue weighted by Gasteiger charge is 2.42. The van der Waals surface area contributed by atoms with E-state index >= 15 is 0 Å². The van der Waals surface area contributed by atoms with Gasteiger partial charge in [-0.2, -0.15) is 0 Å². The molecule has 1 N–H and O–H groups in total. The van der Waals surface area contributed by atoms with Gasteiger partial charge in [-0.05, 0) is 56.9 Å². The van der Waals surface area contributed by atoms with E-state index in [1.54, 1.807) is 4.88 Å². The van der Waals surface area contributed by atoms with Crippen molar-refractivity contribution in [1.82, 2.24) is 10.3 Å². The van der Waals surface area contributed by atoms with Crippen LogP contribution in [0.5, 0.6) is 0 Å². The summed E-state index contributed by atoms with van der Waals surface area (Å²) in [5.74, 6) is 3.61. The summed E-state index contributed by atoms with van der Waals surface area (Å²) in [6.07, 6.45) is 9.86. The minimum Gasteiger partial charge on any atom is -0.312 e. The molecule has 1 heterocycles. The monoisotopic (exact) mass is 290 g/mol. The third-order valence-electron chi connectivity index (χ3n) is 5.48. The van der Waals surface area contributed by atoms with Crippen LogP contribution in [-0.4, -0.2) is 11.5 Å². The van der Waals surface area contributed by atoms with Crippen molar-refractivity contribution >= 4 is 11.3 Å². The van der Waals surface area contributed by atoms with Gasteiger partial charge < -0.3 is 5.32 Å². The smallest absolute Gasteiger partial charge is 0.0965 e. The lowest BCUT2D eigenvalue weighted by molar-refractivity contribution is 0.418. The van der Waals surface area contributed by atoms with Crippen LogP contribution in [0.4, 0.5) is 0 Å². The largest absolute Gasteiger partial charge is 0.312 e. The molecule has 3 aliphatic rings. The molecule has 110 valence electrons. The summed E-state index contributed by atoms with van der Waals surface area (Å²) in [5, 5.41) is 5.08. The fourth-order valence-corrected chi connectivity index (χ4v) is 5.60. The molecule has 3 fully saturated rings. The first kappa shape index (κ1) is 13.3. The molecule has 0 radical (unpaired) electrons. The second-order valence-corrected chi connectivity index (χ2v) is 8.21. The van der Waals surface area contributed by atoms with Gasteiger partial charge in [-0.15, -0.1) is 11.3 Å². The Balaban J connectivity index is 1.53. The molecule has 2 bridgehead atoms. The van der Waals surface area contributed by atoms with E-state index < -0.39 is 0 Å². The predicted molar refractivity (Wildman–Crippen MR) is 84.3 cm³/mol. The van der Waals surface area contributed by atoms with E-state index in [0.29, 0.717) is 0 Å². The van der Waals surface area contributed by atoms with Crippen molar-refractivity contribution in [2.24, 2.45) is 11.8 Å². The molecule has 4 rings (SSSR count). The van der Waals surface area contributed by atoms with Gasteiger partial charge in [-0.1, -0.05) is 13.3 Å². The van der Waals surface area contributed by atoms with Gasteiger partial charge >= 0.3 is 0 Å². The Kier molecular flexibility index (Phi) is 3.59. The summed E-state index contributed by atoms with van der Waals surface area (Å²) < 4.78 is 0. The summed E-state index contributed by atoms with van der Waals surface area (Å²) in [4.78, 5) is 6.68. The van der Waals surface area contributed by atoms with Gasteiger partial charge in [0, 0.05) is 23.3 Å². The lowest BCUT2D eigenvalue weighted by Crippen LogP contribution is -2.13. The van der Waals surface area contributed by atoms with Crippen LogP contribution >= 0.6 is 11.3 Å². The highest BCUT2D eigenvalue weighted by Crippen LogP contribution is 2.54. The molecule has 20 heavy (non-hydrogen) atoms. The van der Waals surface area contributed by atoms with E-state index in [1.807, 2.05) is 11.3 Å². The molecular weight excluding hydrogens is 264 g/mol. The van der Waals surface area contributed by atoms with Crippen LogP contribution < -0.4 is 5.32 Å². The van der Waals surface area contributed by atoms with Gasteiger partial charge in [0.1, 0.15) is 0 Å². The maximum atomic E-state index is 5.13. The molecule has 3 heteroatoms. The van der Waals surface area contributed by atoms with Crippen LogP contribution in [0, 0.1) is 11.8 Å². The molecule has 1 aromatic rings. The van der Waals surface area contributed by atoms with Gasteiger partial charge in [-0.25, -0.2) is 4.98 Å². The second kappa shape index (κ2) is 5.42. The molecule has 0 saturated heterocycles. The molecule has 0 aromatic carbocycles. The molecule has 2 nitrogen and oxygen atoms in total. The number of nitrogens with zero attached hydrogens (tertiary/aromatic N) is 1. The average molecular weight is 290 g/mol. The Morgan fingerprint density at radius 2 is 2.10 bits per heavy atom. The van der Waals surface area contributed by atoms with E-state index in [9.17, 15) is 0 Å². The van der Waals surface area contributed by atoms with Crippen molar-refractivity contribution < 1.29 is 0 Å². The SMILES string of the molecule is CCCNCc1sc(C2CC3CCC2C3)nc1C1CC1. The fraction of sp³-hybridized carbons (Fsp3) is 0.824. The van der Waals surface area contributed by atoms with E-state index in [0.717, 1.165) is 36.8 Å². The standard InChI is InChI=1S/C17H26N2S/c1-2-7-18-10-15-16(12-5-6-12)19-17(20-15)14-9-11-3-4-13(14)8-11/h11-14,18H,2-10H2,1H3. The maximum absolute atomic E-state index is 5.13. The third-order valence-corrected chi connectivity index (χ3v) is 6.68. The van der Waals surface area contributed by atoms with Gasteiger partial charge in [-0.3, -0.25) is 0 Å². The van der Waals surface area contributed by atoms with Gasteiger partial charge in [0.2, 0.25) is 0 Å². The topological polar surface area (TPSA) is 24.9 Å².